The molecule has 0 radical (unpaired) electrons. The number of aromatic nitrogens is 4. The molecule has 4 nitrogen and oxygen atoms in total. The van der Waals surface area contributed by atoms with Gasteiger partial charge in [0.15, 0.2) is 0 Å². The van der Waals surface area contributed by atoms with Crippen molar-refractivity contribution in [2.45, 2.75) is 9.79 Å². The van der Waals surface area contributed by atoms with Crippen molar-refractivity contribution in [3.05, 3.63) is 133 Å². The van der Waals surface area contributed by atoms with Gasteiger partial charge in [0.2, 0.25) is 5.95 Å². The lowest BCUT2D eigenvalue weighted by molar-refractivity contribution is 1.01. The molecule has 0 unspecified atom stereocenters. The molecule has 1 aliphatic heterocycles. The molecular formula is C38H22N4S. The molecule has 9 aromatic rings. The van der Waals surface area contributed by atoms with Gasteiger partial charge in [-0.25, -0.2) is 9.97 Å². The molecule has 0 atom stereocenters. The van der Waals surface area contributed by atoms with Crippen LogP contribution in [0.3, 0.4) is 0 Å². The zero-order valence-electron chi connectivity index (χ0n) is 22.9. The highest BCUT2D eigenvalue weighted by molar-refractivity contribution is 7.99. The summed E-state index contributed by atoms with van der Waals surface area (Å²) in [6, 6.07) is 47.5. The van der Waals surface area contributed by atoms with Crippen LogP contribution in [0.2, 0.25) is 0 Å². The Kier molecular flexibility index (Phi) is 4.62. The summed E-state index contributed by atoms with van der Waals surface area (Å²) >= 11 is 1.80. The Hall–Kier alpha value is -5.39. The zero-order valence-corrected chi connectivity index (χ0v) is 23.7. The molecule has 5 heteroatoms. The Bertz CT molecular complexity index is 2590. The molecule has 0 spiro atoms. The maximum Gasteiger partial charge on any atom is 0.235 e. The van der Waals surface area contributed by atoms with Gasteiger partial charge in [0, 0.05) is 48.0 Å². The largest absolute Gasteiger partial charge is 0.307 e. The molecule has 0 saturated carbocycles. The number of para-hydroxylation sites is 3. The SMILES string of the molecule is c1ccc(-n2c3ccccc3c3ccc4c5ccccc5n(-c5nc6c7c(cccc7n5)Sc5ccccc5-6)c4c32)cc1. The number of rotatable bonds is 2. The van der Waals surface area contributed by atoms with Crippen molar-refractivity contribution in [2.75, 3.05) is 0 Å². The lowest BCUT2D eigenvalue weighted by Crippen LogP contribution is -2.06. The predicted octanol–water partition coefficient (Wildman–Crippen LogP) is 9.96. The van der Waals surface area contributed by atoms with Crippen molar-refractivity contribution in [3.8, 4) is 22.9 Å². The standard InChI is InChI=1S/C38H22N4S/c1-2-11-23(12-3-1)41-30-17-7-4-13-24(30)26-21-22-27-25-14-5-8-18-31(25)42(37(27)36(26)41)38-39-29-16-10-20-33-34(29)35(40-38)28-15-6-9-19-32(28)43-33/h1-22H. The van der Waals surface area contributed by atoms with Crippen LogP contribution in [0.1, 0.15) is 0 Å². The van der Waals surface area contributed by atoms with Crippen LogP contribution >= 0.6 is 11.8 Å². The molecule has 0 N–H and O–H groups in total. The summed E-state index contributed by atoms with van der Waals surface area (Å²) in [4.78, 5) is 13.1. The van der Waals surface area contributed by atoms with Crippen molar-refractivity contribution in [1.82, 2.24) is 19.1 Å². The molecule has 1 aliphatic rings. The molecule has 0 bridgehead atoms. The van der Waals surface area contributed by atoms with Gasteiger partial charge in [-0.1, -0.05) is 103 Å². The molecule has 0 fully saturated rings. The summed E-state index contributed by atoms with van der Waals surface area (Å²) in [7, 11) is 0. The monoisotopic (exact) mass is 566 g/mol. The second kappa shape index (κ2) is 8.57. The van der Waals surface area contributed by atoms with E-state index in [1.165, 1.54) is 36.9 Å². The lowest BCUT2D eigenvalue weighted by atomic mass is 10.1. The van der Waals surface area contributed by atoms with Crippen LogP contribution in [0.15, 0.2) is 143 Å². The predicted molar refractivity (Wildman–Crippen MR) is 178 cm³/mol. The highest BCUT2D eigenvalue weighted by Crippen LogP contribution is 2.47. The van der Waals surface area contributed by atoms with E-state index in [2.05, 4.69) is 143 Å². The summed E-state index contributed by atoms with van der Waals surface area (Å²) in [5.41, 5.74) is 8.78. The summed E-state index contributed by atoms with van der Waals surface area (Å²) in [5.74, 6) is 0.685. The summed E-state index contributed by atoms with van der Waals surface area (Å²) in [5, 5.41) is 5.93. The first-order chi connectivity index (χ1) is 21.3. The molecule has 43 heavy (non-hydrogen) atoms. The maximum atomic E-state index is 5.41. The van der Waals surface area contributed by atoms with E-state index in [-0.39, 0.29) is 0 Å². The van der Waals surface area contributed by atoms with E-state index in [0.717, 1.165) is 44.4 Å². The second-order valence-corrected chi connectivity index (χ2v) is 12.1. The minimum Gasteiger partial charge on any atom is -0.307 e. The van der Waals surface area contributed by atoms with Crippen molar-refractivity contribution >= 4 is 66.3 Å². The van der Waals surface area contributed by atoms with Gasteiger partial charge in [0.25, 0.3) is 0 Å². The number of hydrogen-bond acceptors (Lipinski definition) is 3. The molecule has 0 aliphatic carbocycles. The molecule has 0 amide bonds. The Morgan fingerprint density at radius 2 is 1.09 bits per heavy atom. The van der Waals surface area contributed by atoms with Crippen molar-refractivity contribution in [3.63, 3.8) is 0 Å². The van der Waals surface area contributed by atoms with Gasteiger partial charge in [-0.05, 0) is 42.5 Å². The average molecular weight is 567 g/mol. The van der Waals surface area contributed by atoms with Crippen molar-refractivity contribution in [2.24, 2.45) is 0 Å². The van der Waals surface area contributed by atoms with Gasteiger partial charge in [0.05, 0.1) is 33.3 Å². The number of fused-ring (bicyclic) bond motifs is 9. The first-order valence-electron chi connectivity index (χ1n) is 14.4. The highest BCUT2D eigenvalue weighted by atomic mass is 32.2. The smallest absolute Gasteiger partial charge is 0.235 e. The molecule has 10 rings (SSSR count). The Morgan fingerprint density at radius 1 is 0.465 bits per heavy atom. The minimum atomic E-state index is 0.685. The van der Waals surface area contributed by atoms with E-state index in [4.69, 9.17) is 9.97 Å². The van der Waals surface area contributed by atoms with Crippen molar-refractivity contribution in [1.29, 1.82) is 0 Å². The first-order valence-corrected chi connectivity index (χ1v) is 15.3. The lowest BCUT2D eigenvalue weighted by Gasteiger charge is -2.20. The quantitative estimate of drug-likeness (QED) is 0.209. The first kappa shape index (κ1) is 23.2. The van der Waals surface area contributed by atoms with Crippen LogP contribution in [-0.4, -0.2) is 19.1 Å². The van der Waals surface area contributed by atoms with Gasteiger partial charge >= 0.3 is 0 Å². The van der Waals surface area contributed by atoms with E-state index < -0.39 is 0 Å². The van der Waals surface area contributed by atoms with E-state index in [0.29, 0.717) is 5.95 Å². The maximum absolute atomic E-state index is 5.41. The van der Waals surface area contributed by atoms with Crippen LogP contribution < -0.4 is 0 Å². The van der Waals surface area contributed by atoms with Crippen LogP contribution in [-0.2, 0) is 0 Å². The van der Waals surface area contributed by atoms with Gasteiger partial charge in [0.1, 0.15) is 0 Å². The van der Waals surface area contributed by atoms with Gasteiger partial charge in [-0.3, -0.25) is 4.57 Å². The van der Waals surface area contributed by atoms with E-state index in [1.807, 2.05) is 0 Å². The third-order valence-corrected chi connectivity index (χ3v) is 9.85. The molecule has 3 aromatic heterocycles. The third kappa shape index (κ3) is 3.12. The van der Waals surface area contributed by atoms with Gasteiger partial charge in [-0.2, -0.15) is 0 Å². The van der Waals surface area contributed by atoms with Crippen molar-refractivity contribution < 1.29 is 0 Å². The Balaban J connectivity index is 1.43. The normalized spacial score (nSPS) is 12.6. The van der Waals surface area contributed by atoms with E-state index >= 15 is 0 Å². The number of benzene rings is 6. The van der Waals surface area contributed by atoms with E-state index in [9.17, 15) is 0 Å². The summed E-state index contributed by atoms with van der Waals surface area (Å²) < 4.78 is 4.69. The Morgan fingerprint density at radius 3 is 1.88 bits per heavy atom. The zero-order chi connectivity index (χ0) is 28.1. The minimum absolute atomic E-state index is 0.685. The van der Waals surface area contributed by atoms with Crippen LogP contribution in [0.4, 0.5) is 0 Å². The highest BCUT2D eigenvalue weighted by Gasteiger charge is 2.25. The van der Waals surface area contributed by atoms with Crippen LogP contribution in [0, 0.1) is 0 Å². The van der Waals surface area contributed by atoms with Crippen LogP contribution in [0.5, 0.6) is 0 Å². The third-order valence-electron chi connectivity index (χ3n) is 8.72. The summed E-state index contributed by atoms with van der Waals surface area (Å²) in [6.45, 7) is 0. The molecule has 4 heterocycles. The fraction of sp³-hybridized carbons (Fsp3) is 0. The fourth-order valence-corrected chi connectivity index (χ4v) is 8.05. The topological polar surface area (TPSA) is 35.6 Å². The molecule has 0 saturated heterocycles. The second-order valence-electron chi connectivity index (χ2n) is 11.0. The molecular weight excluding hydrogens is 545 g/mol. The molecule has 6 aromatic carbocycles. The molecule has 200 valence electrons. The average Bonchev–Trinajstić information content (AvgIpc) is 3.58. The fourth-order valence-electron chi connectivity index (χ4n) is 6.94. The van der Waals surface area contributed by atoms with Gasteiger partial charge in [-0.15, -0.1) is 0 Å². The Labute approximate surface area is 250 Å². The number of nitrogens with zero attached hydrogens (tertiary/aromatic N) is 4. The van der Waals surface area contributed by atoms with Gasteiger partial charge < -0.3 is 4.57 Å². The number of hydrogen-bond donors (Lipinski definition) is 0. The summed E-state index contributed by atoms with van der Waals surface area (Å²) in [6.07, 6.45) is 0. The van der Waals surface area contributed by atoms with Crippen LogP contribution in [0.25, 0.3) is 77.4 Å². The van der Waals surface area contributed by atoms with E-state index in [1.54, 1.807) is 11.8 Å².